The quantitative estimate of drug-likeness (QED) is 0.936. The van der Waals surface area contributed by atoms with E-state index in [-0.39, 0.29) is 5.69 Å². The van der Waals surface area contributed by atoms with Gasteiger partial charge in [0.05, 0.1) is 5.52 Å². The van der Waals surface area contributed by atoms with Gasteiger partial charge >= 0.3 is 0 Å². The van der Waals surface area contributed by atoms with Gasteiger partial charge in [0.2, 0.25) is 0 Å². The number of hydrogen-bond acceptors (Lipinski definition) is 4. The molecule has 0 fully saturated rings. The highest BCUT2D eigenvalue weighted by molar-refractivity contribution is 5.94. The van der Waals surface area contributed by atoms with E-state index < -0.39 is 6.43 Å². The summed E-state index contributed by atoms with van der Waals surface area (Å²) in [4.78, 5) is 4.00. The number of aromatic nitrogens is 1. The van der Waals surface area contributed by atoms with Crippen molar-refractivity contribution in [2.45, 2.75) is 13.3 Å². The van der Waals surface area contributed by atoms with Crippen LogP contribution in [0.5, 0.6) is 11.5 Å². The molecule has 0 amide bonds. The summed E-state index contributed by atoms with van der Waals surface area (Å²) in [5.41, 5.74) is 0.859. The number of nitrogens with one attached hydrogen (secondary N) is 1. The minimum Gasteiger partial charge on any atom is -0.486 e. The number of alkyl halides is 2. The number of benzene rings is 1. The first-order valence-electron chi connectivity index (χ1n) is 6.45. The van der Waals surface area contributed by atoms with E-state index in [2.05, 4.69) is 10.3 Å². The van der Waals surface area contributed by atoms with E-state index in [4.69, 9.17) is 9.47 Å². The summed E-state index contributed by atoms with van der Waals surface area (Å²) in [6, 6.07) is 4.81. The van der Waals surface area contributed by atoms with Gasteiger partial charge in [-0.05, 0) is 19.1 Å². The Kier molecular flexibility index (Phi) is 3.30. The number of pyridine rings is 1. The van der Waals surface area contributed by atoms with Crippen LogP contribution in [0.25, 0.3) is 10.9 Å². The molecule has 1 aromatic heterocycles. The minimum atomic E-state index is -2.61. The molecule has 6 heteroatoms. The fraction of sp³-hybridized carbons (Fsp3) is 0.357. The van der Waals surface area contributed by atoms with Crippen LogP contribution < -0.4 is 14.8 Å². The largest absolute Gasteiger partial charge is 0.486 e. The lowest BCUT2D eigenvalue weighted by Gasteiger charge is -2.20. The molecule has 2 aromatic rings. The molecule has 4 nitrogen and oxygen atoms in total. The highest BCUT2D eigenvalue weighted by atomic mass is 19.3. The lowest BCUT2D eigenvalue weighted by atomic mass is 10.1. The molecule has 1 aliphatic rings. The molecule has 106 valence electrons. The Labute approximate surface area is 114 Å². The molecule has 2 heterocycles. The molecule has 0 bridgehead atoms. The first-order valence-corrected chi connectivity index (χ1v) is 6.45. The first-order chi connectivity index (χ1) is 9.69. The third-order valence-corrected chi connectivity index (χ3v) is 3.08. The zero-order valence-corrected chi connectivity index (χ0v) is 11.0. The smallest absolute Gasteiger partial charge is 0.280 e. The molecule has 3 rings (SSSR count). The molecule has 1 N–H and O–H groups in total. The number of halogens is 2. The van der Waals surface area contributed by atoms with Crippen LogP contribution in [0, 0.1) is 0 Å². The zero-order valence-electron chi connectivity index (χ0n) is 11.0. The fourth-order valence-corrected chi connectivity index (χ4v) is 2.23. The first kappa shape index (κ1) is 12.9. The number of hydrogen-bond donors (Lipinski definition) is 1. The third-order valence-electron chi connectivity index (χ3n) is 3.08. The van der Waals surface area contributed by atoms with Gasteiger partial charge in [-0.3, -0.25) is 0 Å². The van der Waals surface area contributed by atoms with Crippen molar-refractivity contribution in [1.29, 1.82) is 0 Å². The van der Waals surface area contributed by atoms with Gasteiger partial charge in [-0.25, -0.2) is 13.8 Å². The Balaban J connectivity index is 2.21. The van der Waals surface area contributed by atoms with Crippen LogP contribution >= 0.6 is 0 Å². The van der Waals surface area contributed by atoms with Crippen molar-refractivity contribution in [2.24, 2.45) is 0 Å². The van der Waals surface area contributed by atoms with E-state index in [1.165, 1.54) is 6.07 Å². The Morgan fingerprint density at radius 2 is 1.90 bits per heavy atom. The summed E-state index contributed by atoms with van der Waals surface area (Å²) in [7, 11) is 0. The molecule has 0 atom stereocenters. The molecule has 0 unspecified atom stereocenters. The van der Waals surface area contributed by atoms with Crippen molar-refractivity contribution in [1.82, 2.24) is 4.98 Å². The molecule has 1 aromatic carbocycles. The van der Waals surface area contributed by atoms with Gasteiger partial charge in [-0.15, -0.1) is 0 Å². The molecule has 0 aliphatic carbocycles. The second-order valence-electron chi connectivity index (χ2n) is 4.44. The zero-order chi connectivity index (χ0) is 14.1. The SMILES string of the molecule is CCNc1cc(C(F)F)nc2cc3c(cc12)OCCO3. The highest BCUT2D eigenvalue weighted by Gasteiger charge is 2.18. The van der Waals surface area contributed by atoms with E-state index in [1.54, 1.807) is 12.1 Å². The van der Waals surface area contributed by atoms with Gasteiger partial charge in [0.15, 0.2) is 11.5 Å². The van der Waals surface area contributed by atoms with Crippen LogP contribution in [0.1, 0.15) is 19.0 Å². The van der Waals surface area contributed by atoms with Gasteiger partial charge in [0.25, 0.3) is 6.43 Å². The maximum absolute atomic E-state index is 12.9. The Bertz CT molecular complexity index is 647. The van der Waals surface area contributed by atoms with Gasteiger partial charge in [-0.1, -0.05) is 0 Å². The number of ether oxygens (including phenoxy) is 2. The number of nitrogens with zero attached hydrogens (tertiary/aromatic N) is 1. The average Bonchev–Trinajstić information content (AvgIpc) is 2.45. The van der Waals surface area contributed by atoms with Crippen LogP contribution in [-0.2, 0) is 0 Å². The predicted octanol–water partition coefficient (Wildman–Crippen LogP) is 3.38. The standard InChI is InChI=1S/C14H14F2N2O2/c1-2-17-9-6-11(14(15)16)18-10-7-13-12(5-8(9)10)19-3-4-20-13/h5-7,14H,2-4H2,1H3,(H,17,18). The molecule has 0 saturated carbocycles. The van der Waals surface area contributed by atoms with Crippen molar-refractivity contribution in [3.63, 3.8) is 0 Å². The molecular weight excluding hydrogens is 266 g/mol. The third kappa shape index (κ3) is 2.21. The predicted molar refractivity (Wildman–Crippen MR) is 71.9 cm³/mol. The summed E-state index contributed by atoms with van der Waals surface area (Å²) in [6.07, 6.45) is -2.61. The van der Waals surface area contributed by atoms with Crippen molar-refractivity contribution in [3.8, 4) is 11.5 Å². The second-order valence-corrected chi connectivity index (χ2v) is 4.44. The van der Waals surface area contributed by atoms with E-state index in [0.717, 1.165) is 5.39 Å². The van der Waals surface area contributed by atoms with Gasteiger partial charge < -0.3 is 14.8 Å². The molecule has 0 saturated heterocycles. The molecule has 0 radical (unpaired) electrons. The van der Waals surface area contributed by atoms with Crippen LogP contribution in [0.4, 0.5) is 14.5 Å². The number of fused-ring (bicyclic) bond motifs is 2. The summed E-state index contributed by atoms with van der Waals surface area (Å²) >= 11 is 0. The van der Waals surface area contributed by atoms with Crippen molar-refractivity contribution < 1.29 is 18.3 Å². The molecule has 20 heavy (non-hydrogen) atoms. The fourth-order valence-electron chi connectivity index (χ4n) is 2.23. The van der Waals surface area contributed by atoms with Crippen LogP contribution in [0.15, 0.2) is 18.2 Å². The van der Waals surface area contributed by atoms with Crippen LogP contribution in [0.2, 0.25) is 0 Å². The lowest BCUT2D eigenvalue weighted by Crippen LogP contribution is -2.15. The Hall–Kier alpha value is -2.11. The Morgan fingerprint density at radius 1 is 1.20 bits per heavy atom. The normalized spacial score (nSPS) is 13.8. The average molecular weight is 280 g/mol. The van der Waals surface area contributed by atoms with E-state index >= 15 is 0 Å². The molecule has 1 aliphatic heterocycles. The van der Waals surface area contributed by atoms with E-state index in [1.807, 2.05) is 6.92 Å². The summed E-state index contributed by atoms with van der Waals surface area (Å²) in [5, 5.41) is 3.83. The van der Waals surface area contributed by atoms with Gasteiger partial charge in [-0.2, -0.15) is 0 Å². The summed E-state index contributed by atoms with van der Waals surface area (Å²) in [6.45, 7) is 3.48. The van der Waals surface area contributed by atoms with Crippen molar-refractivity contribution in [3.05, 3.63) is 23.9 Å². The van der Waals surface area contributed by atoms with Crippen LogP contribution in [-0.4, -0.2) is 24.7 Å². The topological polar surface area (TPSA) is 43.4 Å². The van der Waals surface area contributed by atoms with E-state index in [9.17, 15) is 8.78 Å². The monoisotopic (exact) mass is 280 g/mol. The van der Waals surface area contributed by atoms with Gasteiger partial charge in [0, 0.05) is 23.7 Å². The Morgan fingerprint density at radius 3 is 2.55 bits per heavy atom. The number of anilines is 1. The van der Waals surface area contributed by atoms with Crippen LogP contribution in [0.3, 0.4) is 0 Å². The molecule has 0 spiro atoms. The van der Waals surface area contributed by atoms with Crippen molar-refractivity contribution >= 4 is 16.6 Å². The highest BCUT2D eigenvalue weighted by Crippen LogP contribution is 2.37. The summed E-state index contributed by atoms with van der Waals surface area (Å²) < 4.78 is 36.8. The maximum Gasteiger partial charge on any atom is 0.280 e. The molecular formula is C14H14F2N2O2. The maximum atomic E-state index is 12.9. The number of rotatable bonds is 3. The minimum absolute atomic E-state index is 0.245. The lowest BCUT2D eigenvalue weighted by molar-refractivity contribution is 0.146. The van der Waals surface area contributed by atoms with E-state index in [0.29, 0.717) is 42.5 Å². The van der Waals surface area contributed by atoms with Gasteiger partial charge in [0.1, 0.15) is 18.9 Å². The summed E-state index contributed by atoms with van der Waals surface area (Å²) in [5.74, 6) is 1.17. The second kappa shape index (κ2) is 5.11. The van der Waals surface area contributed by atoms with Crippen molar-refractivity contribution in [2.75, 3.05) is 25.1 Å².